The van der Waals surface area contributed by atoms with Crippen LogP contribution in [0.3, 0.4) is 0 Å². The van der Waals surface area contributed by atoms with Crippen LogP contribution in [0.4, 0.5) is 4.39 Å². The first-order valence-electron chi connectivity index (χ1n) is 8.80. The fraction of sp³-hybridized carbons (Fsp3) is 0.174. The third-order valence-electron chi connectivity index (χ3n) is 4.86. The summed E-state index contributed by atoms with van der Waals surface area (Å²) in [7, 11) is 0. The van der Waals surface area contributed by atoms with Crippen molar-refractivity contribution in [3.8, 4) is 5.75 Å². The van der Waals surface area contributed by atoms with Crippen LogP contribution in [0.25, 0.3) is 0 Å². The van der Waals surface area contributed by atoms with Crippen LogP contribution < -0.4 is 4.74 Å². The van der Waals surface area contributed by atoms with Gasteiger partial charge in [0.25, 0.3) is 0 Å². The highest BCUT2D eigenvalue weighted by molar-refractivity contribution is 6.03. The van der Waals surface area contributed by atoms with Crippen LogP contribution in [0, 0.1) is 5.82 Å². The van der Waals surface area contributed by atoms with Crippen LogP contribution >= 0.6 is 0 Å². The van der Waals surface area contributed by atoms with Crippen molar-refractivity contribution in [3.63, 3.8) is 0 Å². The fourth-order valence-corrected chi connectivity index (χ4v) is 3.51. The Morgan fingerprint density at radius 2 is 1.81 bits per heavy atom. The Labute approximate surface area is 152 Å². The van der Waals surface area contributed by atoms with Crippen LogP contribution in [-0.2, 0) is 13.0 Å². The van der Waals surface area contributed by atoms with E-state index in [2.05, 4.69) is 0 Å². The maximum Gasteiger partial charge on any atom is 0.170 e. The van der Waals surface area contributed by atoms with E-state index in [1.165, 1.54) is 12.1 Å². The Bertz CT molecular complexity index is 934. The van der Waals surface area contributed by atoms with Gasteiger partial charge in [-0.1, -0.05) is 42.5 Å². The minimum atomic E-state index is -0.300. The summed E-state index contributed by atoms with van der Waals surface area (Å²) in [5.74, 6) is 0.260. The number of hydrogen-bond donors (Lipinski definition) is 0. The SMILES string of the molecule is O=C1c2ccc(OCc3ccccc3)cc2CCC1c1cccc(F)c1. The summed E-state index contributed by atoms with van der Waals surface area (Å²) in [6.45, 7) is 0.499. The highest BCUT2D eigenvalue weighted by atomic mass is 19.1. The van der Waals surface area contributed by atoms with E-state index < -0.39 is 0 Å². The summed E-state index contributed by atoms with van der Waals surface area (Å²) >= 11 is 0. The zero-order chi connectivity index (χ0) is 17.9. The van der Waals surface area contributed by atoms with Crippen molar-refractivity contribution >= 4 is 5.78 Å². The molecule has 0 aliphatic heterocycles. The first-order valence-corrected chi connectivity index (χ1v) is 8.80. The molecule has 0 aromatic heterocycles. The van der Waals surface area contributed by atoms with Gasteiger partial charge in [0.1, 0.15) is 18.2 Å². The quantitative estimate of drug-likeness (QED) is 0.639. The zero-order valence-corrected chi connectivity index (χ0v) is 14.3. The van der Waals surface area contributed by atoms with Gasteiger partial charge in [-0.2, -0.15) is 0 Å². The molecule has 0 amide bonds. The molecule has 4 rings (SSSR count). The van der Waals surface area contributed by atoms with Gasteiger partial charge in [-0.15, -0.1) is 0 Å². The van der Waals surface area contributed by atoms with Gasteiger partial charge >= 0.3 is 0 Å². The third kappa shape index (κ3) is 3.38. The van der Waals surface area contributed by atoms with E-state index in [4.69, 9.17) is 4.74 Å². The van der Waals surface area contributed by atoms with Gasteiger partial charge in [0.2, 0.25) is 0 Å². The maximum absolute atomic E-state index is 13.5. The second-order valence-corrected chi connectivity index (χ2v) is 6.60. The second-order valence-electron chi connectivity index (χ2n) is 6.60. The monoisotopic (exact) mass is 346 g/mol. The number of ether oxygens (including phenoxy) is 1. The number of benzene rings is 3. The molecule has 0 bridgehead atoms. The number of carbonyl (C=O) groups is 1. The fourth-order valence-electron chi connectivity index (χ4n) is 3.51. The highest BCUT2D eigenvalue weighted by Crippen LogP contribution is 2.34. The van der Waals surface area contributed by atoms with Gasteiger partial charge < -0.3 is 4.74 Å². The van der Waals surface area contributed by atoms with Crippen LogP contribution in [0.15, 0.2) is 72.8 Å². The molecule has 0 heterocycles. The number of carbonyl (C=O) groups excluding carboxylic acids is 1. The molecule has 0 spiro atoms. The summed E-state index contributed by atoms with van der Waals surface area (Å²) < 4.78 is 19.4. The minimum absolute atomic E-state index is 0.0615. The molecule has 26 heavy (non-hydrogen) atoms. The van der Waals surface area contributed by atoms with Gasteiger partial charge in [0, 0.05) is 11.5 Å². The predicted molar refractivity (Wildman–Crippen MR) is 99.0 cm³/mol. The van der Waals surface area contributed by atoms with Crippen LogP contribution in [0.5, 0.6) is 5.75 Å². The van der Waals surface area contributed by atoms with Crippen LogP contribution in [0.1, 0.15) is 39.4 Å². The maximum atomic E-state index is 13.5. The molecule has 3 heteroatoms. The molecule has 2 nitrogen and oxygen atoms in total. The molecule has 0 radical (unpaired) electrons. The third-order valence-corrected chi connectivity index (χ3v) is 4.86. The number of rotatable bonds is 4. The first-order chi connectivity index (χ1) is 12.7. The number of hydrogen-bond acceptors (Lipinski definition) is 2. The normalized spacial score (nSPS) is 16.2. The Morgan fingerprint density at radius 3 is 2.62 bits per heavy atom. The largest absolute Gasteiger partial charge is 0.489 e. The Hall–Kier alpha value is -2.94. The van der Waals surface area contributed by atoms with Gasteiger partial charge in [-0.25, -0.2) is 4.39 Å². The molecular formula is C23H19FO2. The van der Waals surface area contributed by atoms with Gasteiger partial charge in [0.05, 0.1) is 0 Å². The number of aryl methyl sites for hydroxylation is 1. The molecule has 1 unspecified atom stereocenters. The van der Waals surface area contributed by atoms with Crippen LogP contribution in [-0.4, -0.2) is 5.78 Å². The van der Waals surface area contributed by atoms with Crippen molar-refractivity contribution in [1.29, 1.82) is 0 Å². The molecule has 0 saturated carbocycles. The van der Waals surface area contributed by atoms with E-state index in [0.29, 0.717) is 13.0 Å². The molecule has 1 aliphatic rings. The lowest BCUT2D eigenvalue weighted by Crippen LogP contribution is -2.21. The summed E-state index contributed by atoms with van der Waals surface area (Å²) in [4.78, 5) is 12.9. The van der Waals surface area contributed by atoms with Gasteiger partial charge in [-0.3, -0.25) is 4.79 Å². The van der Waals surface area contributed by atoms with E-state index in [9.17, 15) is 9.18 Å². The van der Waals surface area contributed by atoms with E-state index in [1.807, 2.05) is 54.6 Å². The summed E-state index contributed by atoms with van der Waals surface area (Å²) in [5, 5.41) is 0. The van der Waals surface area contributed by atoms with Crippen molar-refractivity contribution in [2.45, 2.75) is 25.4 Å². The van der Waals surface area contributed by atoms with Crippen molar-refractivity contribution in [3.05, 3.63) is 101 Å². The lowest BCUT2D eigenvalue weighted by Gasteiger charge is -2.24. The molecular weight excluding hydrogens is 327 g/mol. The summed E-state index contributed by atoms with van der Waals surface area (Å²) in [6.07, 6.45) is 1.47. The molecule has 3 aromatic rings. The van der Waals surface area contributed by atoms with Crippen molar-refractivity contribution in [2.75, 3.05) is 0 Å². The highest BCUT2D eigenvalue weighted by Gasteiger charge is 2.29. The molecule has 0 fully saturated rings. The molecule has 1 atom stereocenters. The van der Waals surface area contributed by atoms with E-state index in [1.54, 1.807) is 6.07 Å². The van der Waals surface area contributed by atoms with Crippen molar-refractivity contribution in [2.24, 2.45) is 0 Å². The topological polar surface area (TPSA) is 26.3 Å². The van der Waals surface area contributed by atoms with Gasteiger partial charge in [0.15, 0.2) is 5.78 Å². The first kappa shape index (κ1) is 16.5. The number of Topliss-reactive ketones (excluding diaryl/α,β-unsaturated/α-hetero) is 1. The molecule has 1 aliphatic carbocycles. The average molecular weight is 346 g/mol. The molecule has 3 aromatic carbocycles. The lowest BCUT2D eigenvalue weighted by molar-refractivity contribution is 0.0946. The molecule has 0 saturated heterocycles. The average Bonchev–Trinajstić information content (AvgIpc) is 2.67. The smallest absolute Gasteiger partial charge is 0.170 e. The van der Waals surface area contributed by atoms with Crippen molar-refractivity contribution in [1.82, 2.24) is 0 Å². The van der Waals surface area contributed by atoms with E-state index in [-0.39, 0.29) is 17.5 Å². The van der Waals surface area contributed by atoms with E-state index >= 15 is 0 Å². The standard InChI is InChI=1S/C23H19FO2/c24-19-8-4-7-17(13-19)21-11-9-18-14-20(10-12-22(18)23(21)25)26-15-16-5-2-1-3-6-16/h1-8,10,12-14,21H,9,11,15H2. The van der Waals surface area contributed by atoms with Crippen molar-refractivity contribution < 1.29 is 13.9 Å². The summed E-state index contributed by atoms with van der Waals surface area (Å²) in [6, 6.07) is 22.0. The second kappa shape index (κ2) is 7.12. The number of halogens is 1. The minimum Gasteiger partial charge on any atom is -0.489 e. The molecule has 0 N–H and O–H groups in total. The number of ketones is 1. The van der Waals surface area contributed by atoms with Crippen LogP contribution in [0.2, 0.25) is 0 Å². The van der Waals surface area contributed by atoms with Gasteiger partial charge in [-0.05, 0) is 59.9 Å². The predicted octanol–water partition coefficient (Wildman–Crippen LogP) is 5.32. The Kier molecular flexibility index (Phi) is 4.53. The number of fused-ring (bicyclic) bond motifs is 1. The van der Waals surface area contributed by atoms with E-state index in [0.717, 1.165) is 34.4 Å². The Balaban J connectivity index is 1.52. The lowest BCUT2D eigenvalue weighted by atomic mass is 9.79. The molecule has 130 valence electrons. The zero-order valence-electron chi connectivity index (χ0n) is 14.3. The Morgan fingerprint density at radius 1 is 0.962 bits per heavy atom. The summed E-state index contributed by atoms with van der Waals surface area (Å²) in [5.41, 5.74) is 3.59.